The molecule has 1 saturated carbocycles. The van der Waals surface area contributed by atoms with E-state index in [9.17, 15) is 0 Å². The lowest BCUT2D eigenvalue weighted by molar-refractivity contribution is 0.610. The van der Waals surface area contributed by atoms with Crippen LogP contribution in [0.2, 0.25) is 0 Å². The van der Waals surface area contributed by atoms with Crippen molar-refractivity contribution in [1.29, 1.82) is 0 Å². The van der Waals surface area contributed by atoms with E-state index in [-0.39, 0.29) is 0 Å². The van der Waals surface area contributed by atoms with Gasteiger partial charge in [0.25, 0.3) is 0 Å². The van der Waals surface area contributed by atoms with Crippen LogP contribution in [-0.2, 0) is 0 Å². The van der Waals surface area contributed by atoms with Gasteiger partial charge in [0.2, 0.25) is 0 Å². The number of hydrogen-bond donors (Lipinski definition) is 0. The molecule has 1 aromatic carbocycles. The van der Waals surface area contributed by atoms with E-state index in [1.807, 2.05) is 0 Å². The average molecular weight is 239 g/mol. The third-order valence-corrected chi connectivity index (χ3v) is 3.95. The van der Waals surface area contributed by atoms with Crippen LogP contribution < -0.4 is 0 Å². The van der Waals surface area contributed by atoms with Gasteiger partial charge in [0.1, 0.15) is 0 Å². The van der Waals surface area contributed by atoms with Crippen LogP contribution in [0.1, 0.15) is 30.7 Å². The maximum Gasteiger partial charge on any atom is 0.00598 e. The summed E-state index contributed by atoms with van der Waals surface area (Å²) in [7, 11) is 0. The molecule has 2 atom stereocenters. The first-order chi connectivity index (χ1) is 6.40. The maximum absolute atomic E-state index is 3.58. The molecule has 13 heavy (non-hydrogen) atoms. The van der Waals surface area contributed by atoms with Crippen molar-refractivity contribution in [2.75, 3.05) is 5.33 Å². The van der Waals surface area contributed by atoms with Crippen LogP contribution in [0.25, 0.3) is 0 Å². The Morgan fingerprint density at radius 1 is 1.15 bits per heavy atom. The molecule has 1 heteroatoms. The average Bonchev–Trinajstić information content (AvgIpc) is 2.67. The number of halogens is 1. The largest absolute Gasteiger partial charge is 0.0925 e. The molecular weight excluding hydrogens is 224 g/mol. The molecule has 0 aromatic heterocycles. The molecular formula is C12H15Br. The van der Waals surface area contributed by atoms with Crippen molar-refractivity contribution >= 4 is 15.9 Å². The van der Waals surface area contributed by atoms with E-state index in [4.69, 9.17) is 0 Å². The fraction of sp³-hybridized carbons (Fsp3) is 0.500. The highest BCUT2D eigenvalue weighted by atomic mass is 79.9. The minimum absolute atomic E-state index is 0.823. The van der Waals surface area contributed by atoms with Gasteiger partial charge in [-0.2, -0.15) is 0 Å². The summed E-state index contributed by atoms with van der Waals surface area (Å²) in [6.07, 6.45) is 4.14. The zero-order valence-corrected chi connectivity index (χ0v) is 9.33. The number of hydrogen-bond acceptors (Lipinski definition) is 0. The van der Waals surface area contributed by atoms with Gasteiger partial charge in [-0.25, -0.2) is 0 Å². The van der Waals surface area contributed by atoms with Crippen LogP contribution in [0.15, 0.2) is 30.3 Å². The Kier molecular flexibility index (Phi) is 3.05. The third kappa shape index (κ3) is 2.14. The van der Waals surface area contributed by atoms with Crippen molar-refractivity contribution in [3.63, 3.8) is 0 Å². The van der Waals surface area contributed by atoms with Crippen LogP contribution in [0.4, 0.5) is 0 Å². The van der Waals surface area contributed by atoms with Gasteiger partial charge >= 0.3 is 0 Å². The minimum atomic E-state index is 0.823. The highest BCUT2D eigenvalue weighted by Crippen LogP contribution is 2.38. The van der Waals surface area contributed by atoms with Gasteiger partial charge in [0.15, 0.2) is 0 Å². The molecule has 0 radical (unpaired) electrons. The first kappa shape index (κ1) is 9.26. The van der Waals surface area contributed by atoms with Crippen molar-refractivity contribution in [2.24, 2.45) is 5.92 Å². The van der Waals surface area contributed by atoms with E-state index in [1.54, 1.807) is 0 Å². The summed E-state index contributed by atoms with van der Waals surface area (Å²) < 4.78 is 0. The summed E-state index contributed by atoms with van der Waals surface area (Å²) in [5.41, 5.74) is 1.53. The molecule has 0 saturated heterocycles. The zero-order chi connectivity index (χ0) is 9.10. The third-order valence-electron chi connectivity index (χ3n) is 3.03. The summed E-state index contributed by atoms with van der Waals surface area (Å²) in [6, 6.07) is 10.9. The van der Waals surface area contributed by atoms with Gasteiger partial charge in [-0.05, 0) is 36.7 Å². The zero-order valence-electron chi connectivity index (χ0n) is 7.75. The van der Waals surface area contributed by atoms with Gasteiger partial charge in [-0.3, -0.25) is 0 Å². The quantitative estimate of drug-likeness (QED) is 0.685. The lowest BCUT2D eigenvalue weighted by Crippen LogP contribution is -1.96. The van der Waals surface area contributed by atoms with Crippen molar-refractivity contribution < 1.29 is 0 Å². The van der Waals surface area contributed by atoms with Gasteiger partial charge in [-0.15, -0.1) is 0 Å². The van der Waals surface area contributed by atoms with Gasteiger partial charge in [0, 0.05) is 5.33 Å². The van der Waals surface area contributed by atoms with Gasteiger partial charge in [0.05, 0.1) is 0 Å². The molecule has 1 aliphatic carbocycles. The Morgan fingerprint density at radius 2 is 1.92 bits per heavy atom. The van der Waals surface area contributed by atoms with Gasteiger partial charge in [-0.1, -0.05) is 46.3 Å². The van der Waals surface area contributed by atoms with Crippen LogP contribution in [0.5, 0.6) is 0 Å². The molecule has 0 unspecified atom stereocenters. The minimum Gasteiger partial charge on any atom is -0.0925 e. The van der Waals surface area contributed by atoms with Gasteiger partial charge < -0.3 is 0 Å². The topological polar surface area (TPSA) is 0 Å². The second-order valence-electron chi connectivity index (χ2n) is 3.94. The predicted molar refractivity (Wildman–Crippen MR) is 60.3 cm³/mol. The van der Waals surface area contributed by atoms with Crippen LogP contribution in [-0.4, -0.2) is 5.33 Å². The van der Waals surface area contributed by atoms with Crippen molar-refractivity contribution in [1.82, 2.24) is 0 Å². The summed E-state index contributed by atoms with van der Waals surface area (Å²) in [5.74, 6) is 1.73. The second kappa shape index (κ2) is 4.28. The summed E-state index contributed by atoms with van der Waals surface area (Å²) >= 11 is 3.58. The van der Waals surface area contributed by atoms with Crippen LogP contribution in [0.3, 0.4) is 0 Å². The molecule has 0 spiro atoms. The first-order valence-electron chi connectivity index (χ1n) is 5.01. The summed E-state index contributed by atoms with van der Waals surface area (Å²) in [6.45, 7) is 0. The van der Waals surface area contributed by atoms with E-state index in [0.29, 0.717) is 0 Å². The van der Waals surface area contributed by atoms with Crippen LogP contribution in [0, 0.1) is 5.92 Å². The Morgan fingerprint density at radius 3 is 2.54 bits per heavy atom. The first-order valence-corrected chi connectivity index (χ1v) is 6.13. The summed E-state index contributed by atoms with van der Waals surface area (Å²) in [5, 5.41) is 1.18. The molecule has 1 fully saturated rings. The monoisotopic (exact) mass is 238 g/mol. The van der Waals surface area contributed by atoms with Crippen molar-refractivity contribution in [3.05, 3.63) is 35.9 Å². The van der Waals surface area contributed by atoms with Crippen LogP contribution >= 0.6 is 15.9 Å². The Labute approximate surface area is 88.5 Å². The number of benzene rings is 1. The van der Waals surface area contributed by atoms with E-state index in [0.717, 1.165) is 11.8 Å². The Hall–Kier alpha value is -0.300. The highest BCUT2D eigenvalue weighted by molar-refractivity contribution is 9.09. The molecule has 1 aromatic rings. The molecule has 70 valence electrons. The Balaban J connectivity index is 2.04. The maximum atomic E-state index is 3.58. The lowest BCUT2D eigenvalue weighted by Gasteiger charge is -2.09. The number of alkyl halides is 1. The molecule has 2 rings (SSSR count). The fourth-order valence-electron chi connectivity index (χ4n) is 2.24. The summed E-state index contributed by atoms with van der Waals surface area (Å²) in [4.78, 5) is 0. The molecule has 0 aliphatic heterocycles. The van der Waals surface area contributed by atoms with Crippen molar-refractivity contribution in [3.8, 4) is 0 Å². The molecule has 0 heterocycles. The highest BCUT2D eigenvalue weighted by Gasteiger charge is 2.24. The van der Waals surface area contributed by atoms with Crippen molar-refractivity contribution in [2.45, 2.75) is 25.2 Å². The van der Waals surface area contributed by atoms with E-state index in [1.165, 1.54) is 30.2 Å². The van der Waals surface area contributed by atoms with E-state index >= 15 is 0 Å². The standard InChI is InChI=1S/C12H15Br/c13-9-10-6-7-12(8-10)11-4-2-1-3-5-11/h1-5,10,12H,6-9H2/t10-,12-/m0/s1. The fourth-order valence-corrected chi connectivity index (χ4v) is 2.83. The predicted octanol–water partition coefficient (Wildman–Crippen LogP) is 3.97. The molecule has 0 nitrogen and oxygen atoms in total. The smallest absolute Gasteiger partial charge is 0.00598 e. The molecule has 0 bridgehead atoms. The SMILES string of the molecule is BrC[C@H]1CC[C@H](c2ccccc2)C1. The molecule has 1 aliphatic rings. The van der Waals surface area contributed by atoms with E-state index in [2.05, 4.69) is 46.3 Å². The normalized spacial score (nSPS) is 27.8. The van der Waals surface area contributed by atoms with E-state index < -0.39 is 0 Å². The number of rotatable bonds is 2. The second-order valence-corrected chi connectivity index (χ2v) is 4.59. The Bertz CT molecular complexity index is 255. The molecule has 0 amide bonds. The molecule has 0 N–H and O–H groups in total. The lowest BCUT2D eigenvalue weighted by atomic mass is 9.97.